The lowest BCUT2D eigenvalue weighted by molar-refractivity contribution is -0.134. The van der Waals surface area contributed by atoms with E-state index in [1.807, 2.05) is 11.9 Å². The van der Waals surface area contributed by atoms with E-state index >= 15 is 0 Å². The molecule has 0 unspecified atom stereocenters. The van der Waals surface area contributed by atoms with Gasteiger partial charge in [-0.3, -0.25) is 14.8 Å². The van der Waals surface area contributed by atoms with Crippen LogP contribution >= 0.6 is 0 Å². The Morgan fingerprint density at radius 2 is 2.08 bits per heavy atom. The number of likely N-dealkylation sites (N-methyl/N-ethyl adjacent to an activating group) is 2. The molecule has 0 bridgehead atoms. The van der Waals surface area contributed by atoms with Gasteiger partial charge in [0.25, 0.3) is 0 Å². The standard InChI is InChI=1S/C19H33N5O/c1-18(2,3)16-10-14(21-22-16)12-23(4)17(25)15-11-19(13-24(15)5)6-8-20-9-7-19/h10,15,20H,6-9,11-13H2,1-5H3,(H,21,22)/t15-/m1/s1. The summed E-state index contributed by atoms with van der Waals surface area (Å²) in [4.78, 5) is 17.1. The molecule has 25 heavy (non-hydrogen) atoms. The largest absolute Gasteiger partial charge is 0.339 e. The van der Waals surface area contributed by atoms with Crippen LogP contribution in [0.15, 0.2) is 6.07 Å². The van der Waals surface area contributed by atoms with Crippen LogP contribution in [0, 0.1) is 5.41 Å². The first-order chi connectivity index (χ1) is 11.7. The molecule has 0 aromatic carbocycles. The molecule has 1 atom stereocenters. The highest BCUT2D eigenvalue weighted by Crippen LogP contribution is 2.41. The number of rotatable bonds is 3. The molecule has 0 radical (unpaired) electrons. The molecule has 140 valence electrons. The molecule has 3 rings (SSSR count). The number of hydrogen-bond acceptors (Lipinski definition) is 4. The summed E-state index contributed by atoms with van der Waals surface area (Å²) in [6.45, 7) is 10.2. The van der Waals surface area contributed by atoms with Crippen LogP contribution in [-0.4, -0.2) is 65.7 Å². The van der Waals surface area contributed by atoms with Gasteiger partial charge in [-0.25, -0.2) is 0 Å². The molecule has 1 amide bonds. The smallest absolute Gasteiger partial charge is 0.240 e. The Hall–Kier alpha value is -1.40. The molecule has 2 N–H and O–H groups in total. The third-order valence-corrected chi connectivity index (χ3v) is 5.88. The lowest BCUT2D eigenvalue weighted by Gasteiger charge is -2.33. The number of amides is 1. The van der Waals surface area contributed by atoms with Gasteiger partial charge in [-0.1, -0.05) is 20.8 Å². The van der Waals surface area contributed by atoms with Crippen molar-refractivity contribution in [1.29, 1.82) is 0 Å². The van der Waals surface area contributed by atoms with E-state index in [1.165, 1.54) is 12.8 Å². The maximum atomic E-state index is 13.0. The van der Waals surface area contributed by atoms with E-state index < -0.39 is 0 Å². The number of aromatic amines is 1. The maximum Gasteiger partial charge on any atom is 0.240 e. The SMILES string of the molecule is CN(Cc1cc(C(C)(C)C)n[nH]1)C(=O)[C@H]1CC2(CCNCC2)CN1C. The second-order valence-electron chi connectivity index (χ2n) is 9.11. The summed E-state index contributed by atoms with van der Waals surface area (Å²) in [6, 6.07) is 2.09. The van der Waals surface area contributed by atoms with Gasteiger partial charge in [0.15, 0.2) is 0 Å². The van der Waals surface area contributed by atoms with Gasteiger partial charge in [0, 0.05) is 19.0 Å². The molecule has 2 fully saturated rings. The van der Waals surface area contributed by atoms with Crippen LogP contribution in [0.5, 0.6) is 0 Å². The quantitative estimate of drug-likeness (QED) is 0.874. The zero-order chi connectivity index (χ0) is 18.2. The number of piperidine rings is 1. The van der Waals surface area contributed by atoms with Gasteiger partial charge in [-0.2, -0.15) is 5.10 Å². The zero-order valence-corrected chi connectivity index (χ0v) is 16.4. The highest BCUT2D eigenvalue weighted by Gasteiger charge is 2.46. The molecule has 2 aliphatic rings. The van der Waals surface area contributed by atoms with Crippen molar-refractivity contribution in [3.8, 4) is 0 Å². The van der Waals surface area contributed by atoms with E-state index in [9.17, 15) is 4.79 Å². The van der Waals surface area contributed by atoms with Crippen LogP contribution in [0.4, 0.5) is 0 Å². The van der Waals surface area contributed by atoms with Crippen molar-refractivity contribution in [2.45, 2.75) is 58.0 Å². The Balaban J connectivity index is 1.63. The fourth-order valence-corrected chi connectivity index (χ4v) is 4.28. The van der Waals surface area contributed by atoms with Crippen LogP contribution in [0.25, 0.3) is 0 Å². The van der Waals surface area contributed by atoms with Gasteiger partial charge >= 0.3 is 0 Å². The lowest BCUT2D eigenvalue weighted by Crippen LogP contribution is -2.42. The molecule has 3 heterocycles. The number of nitrogens with one attached hydrogen (secondary N) is 2. The van der Waals surface area contributed by atoms with Crippen LogP contribution in [-0.2, 0) is 16.8 Å². The van der Waals surface area contributed by atoms with E-state index in [4.69, 9.17) is 0 Å². The Kier molecular flexibility index (Phi) is 4.95. The molecule has 6 heteroatoms. The van der Waals surface area contributed by atoms with E-state index in [-0.39, 0.29) is 17.4 Å². The van der Waals surface area contributed by atoms with Crippen molar-refractivity contribution < 1.29 is 4.79 Å². The predicted octanol–water partition coefficient (Wildman–Crippen LogP) is 1.74. The number of H-pyrrole nitrogens is 1. The van der Waals surface area contributed by atoms with Gasteiger partial charge < -0.3 is 10.2 Å². The minimum Gasteiger partial charge on any atom is -0.339 e. The van der Waals surface area contributed by atoms with Gasteiger partial charge in [-0.05, 0) is 50.9 Å². The number of nitrogens with zero attached hydrogens (tertiary/aromatic N) is 3. The molecule has 0 saturated carbocycles. The predicted molar refractivity (Wildman–Crippen MR) is 99.3 cm³/mol. The average Bonchev–Trinajstić information content (AvgIpc) is 3.12. The highest BCUT2D eigenvalue weighted by molar-refractivity contribution is 5.82. The van der Waals surface area contributed by atoms with Crippen LogP contribution < -0.4 is 5.32 Å². The average molecular weight is 348 g/mol. The van der Waals surface area contributed by atoms with E-state index in [0.717, 1.165) is 37.4 Å². The molecule has 2 saturated heterocycles. The Bertz CT molecular complexity index is 612. The fraction of sp³-hybridized carbons (Fsp3) is 0.789. The molecule has 1 aromatic rings. The van der Waals surface area contributed by atoms with Gasteiger partial charge in [0.2, 0.25) is 5.91 Å². The van der Waals surface area contributed by atoms with Crippen molar-refractivity contribution in [3.63, 3.8) is 0 Å². The molecule has 0 aliphatic carbocycles. The van der Waals surface area contributed by atoms with Crippen LogP contribution in [0.2, 0.25) is 0 Å². The highest BCUT2D eigenvalue weighted by atomic mass is 16.2. The Labute approximate surface area is 151 Å². The van der Waals surface area contributed by atoms with Crippen molar-refractivity contribution in [2.24, 2.45) is 5.41 Å². The van der Waals surface area contributed by atoms with Crippen molar-refractivity contribution in [1.82, 2.24) is 25.3 Å². The first-order valence-corrected chi connectivity index (χ1v) is 9.41. The molecular weight excluding hydrogens is 314 g/mol. The molecule has 6 nitrogen and oxygen atoms in total. The normalized spacial score (nSPS) is 24.0. The summed E-state index contributed by atoms with van der Waals surface area (Å²) in [5.41, 5.74) is 2.38. The van der Waals surface area contributed by atoms with Gasteiger partial charge in [0.05, 0.1) is 24.0 Å². The van der Waals surface area contributed by atoms with E-state index in [0.29, 0.717) is 12.0 Å². The fourth-order valence-electron chi connectivity index (χ4n) is 4.28. The van der Waals surface area contributed by atoms with Gasteiger partial charge in [0.1, 0.15) is 0 Å². The number of hydrogen-bond donors (Lipinski definition) is 2. The molecule has 1 aromatic heterocycles. The second kappa shape index (κ2) is 6.72. The summed E-state index contributed by atoms with van der Waals surface area (Å²) >= 11 is 0. The van der Waals surface area contributed by atoms with Gasteiger partial charge in [-0.15, -0.1) is 0 Å². The lowest BCUT2D eigenvalue weighted by atomic mass is 9.77. The summed E-state index contributed by atoms with van der Waals surface area (Å²) in [6.07, 6.45) is 3.35. The summed E-state index contributed by atoms with van der Waals surface area (Å²) < 4.78 is 0. The minimum atomic E-state index is 0.00751. The first-order valence-electron chi connectivity index (χ1n) is 9.41. The molecule has 2 aliphatic heterocycles. The first kappa shape index (κ1) is 18.4. The third-order valence-electron chi connectivity index (χ3n) is 5.88. The third kappa shape index (κ3) is 3.90. The Morgan fingerprint density at radius 3 is 2.68 bits per heavy atom. The van der Waals surface area contributed by atoms with E-state index in [2.05, 4.69) is 54.3 Å². The van der Waals surface area contributed by atoms with Crippen molar-refractivity contribution in [3.05, 3.63) is 17.5 Å². The summed E-state index contributed by atoms with van der Waals surface area (Å²) in [7, 11) is 4.00. The zero-order valence-electron chi connectivity index (χ0n) is 16.4. The molecule has 1 spiro atoms. The second-order valence-corrected chi connectivity index (χ2v) is 9.11. The minimum absolute atomic E-state index is 0.00751. The summed E-state index contributed by atoms with van der Waals surface area (Å²) in [5.74, 6) is 0.227. The topological polar surface area (TPSA) is 64.3 Å². The number of carbonyl (C=O) groups excluding carboxylic acids is 1. The van der Waals surface area contributed by atoms with Crippen molar-refractivity contribution in [2.75, 3.05) is 33.7 Å². The monoisotopic (exact) mass is 347 g/mol. The number of likely N-dealkylation sites (tertiary alicyclic amines) is 1. The van der Waals surface area contributed by atoms with Crippen molar-refractivity contribution >= 4 is 5.91 Å². The number of aromatic nitrogens is 2. The van der Waals surface area contributed by atoms with E-state index in [1.54, 1.807) is 0 Å². The Morgan fingerprint density at radius 1 is 1.40 bits per heavy atom. The number of carbonyl (C=O) groups is 1. The van der Waals surface area contributed by atoms with Crippen LogP contribution in [0.3, 0.4) is 0 Å². The molecular formula is C19H33N5O. The van der Waals surface area contributed by atoms with Crippen LogP contribution in [0.1, 0.15) is 51.4 Å². The maximum absolute atomic E-state index is 13.0. The summed E-state index contributed by atoms with van der Waals surface area (Å²) in [5, 5.41) is 10.9.